The first-order chi connectivity index (χ1) is 13.5. The molecule has 4 atom stereocenters. The fourth-order valence-electron chi connectivity index (χ4n) is 4.20. The summed E-state index contributed by atoms with van der Waals surface area (Å²) in [6.45, 7) is 5.52. The van der Waals surface area contributed by atoms with Crippen molar-refractivity contribution >= 4 is 11.6 Å². The molecule has 1 N–H and O–H groups in total. The molecule has 4 nitrogen and oxygen atoms in total. The van der Waals surface area contributed by atoms with Crippen molar-refractivity contribution in [1.82, 2.24) is 0 Å². The highest BCUT2D eigenvalue weighted by Crippen LogP contribution is 2.44. The predicted octanol–water partition coefficient (Wildman–Crippen LogP) is 4.56. The van der Waals surface area contributed by atoms with Crippen LogP contribution in [0.4, 0.5) is 0 Å². The van der Waals surface area contributed by atoms with Crippen LogP contribution >= 0.6 is 11.6 Å². The van der Waals surface area contributed by atoms with E-state index in [-0.39, 0.29) is 18.1 Å². The lowest BCUT2D eigenvalue weighted by molar-refractivity contribution is -0.179. The van der Waals surface area contributed by atoms with Gasteiger partial charge in [-0.05, 0) is 60.6 Å². The molecule has 2 aliphatic rings. The van der Waals surface area contributed by atoms with E-state index in [9.17, 15) is 5.11 Å². The van der Waals surface area contributed by atoms with Crippen LogP contribution in [0, 0.1) is 5.92 Å². The van der Waals surface area contributed by atoms with Gasteiger partial charge in [0.15, 0.2) is 0 Å². The van der Waals surface area contributed by atoms with Crippen molar-refractivity contribution in [2.45, 2.75) is 44.5 Å². The van der Waals surface area contributed by atoms with Gasteiger partial charge in [-0.3, -0.25) is 0 Å². The molecular weight excluding hydrogens is 376 g/mol. The van der Waals surface area contributed by atoms with Crippen LogP contribution in [-0.2, 0) is 15.9 Å². The van der Waals surface area contributed by atoms with Crippen LogP contribution in [0.15, 0.2) is 42.5 Å². The number of hydrogen-bond acceptors (Lipinski definition) is 4. The second-order valence-corrected chi connectivity index (χ2v) is 8.27. The minimum atomic E-state index is -0.867. The zero-order valence-electron chi connectivity index (χ0n) is 16.4. The summed E-state index contributed by atoms with van der Waals surface area (Å²) in [7, 11) is 0. The smallest absolute Gasteiger partial charge is 0.119 e. The van der Waals surface area contributed by atoms with Gasteiger partial charge in [0.25, 0.3) is 0 Å². The highest BCUT2D eigenvalue weighted by atomic mass is 35.5. The predicted molar refractivity (Wildman–Crippen MR) is 109 cm³/mol. The van der Waals surface area contributed by atoms with Gasteiger partial charge < -0.3 is 19.3 Å². The molecule has 2 aromatic carbocycles. The first-order valence-corrected chi connectivity index (χ1v) is 10.3. The summed E-state index contributed by atoms with van der Waals surface area (Å²) in [5.41, 5.74) is 2.49. The topological polar surface area (TPSA) is 47.9 Å². The molecule has 2 fully saturated rings. The molecule has 0 spiro atoms. The second kappa shape index (κ2) is 8.03. The van der Waals surface area contributed by atoms with E-state index >= 15 is 0 Å². The van der Waals surface area contributed by atoms with E-state index in [1.54, 1.807) is 0 Å². The number of aliphatic hydroxyl groups is 1. The third kappa shape index (κ3) is 3.79. The van der Waals surface area contributed by atoms with Crippen LogP contribution in [-0.4, -0.2) is 36.6 Å². The van der Waals surface area contributed by atoms with Crippen LogP contribution in [0.3, 0.4) is 0 Å². The fourth-order valence-corrected chi connectivity index (χ4v) is 4.38. The Labute approximate surface area is 171 Å². The molecule has 0 amide bonds. The first-order valence-electron chi connectivity index (χ1n) is 9.95. The highest BCUT2D eigenvalue weighted by Gasteiger charge is 2.52. The molecule has 150 valence electrons. The Morgan fingerprint density at radius 1 is 1.21 bits per heavy atom. The minimum absolute atomic E-state index is 0.0571. The van der Waals surface area contributed by atoms with Crippen molar-refractivity contribution in [3.63, 3.8) is 0 Å². The maximum absolute atomic E-state index is 10.8. The Bertz CT molecular complexity index is 822. The number of hydrogen-bond donors (Lipinski definition) is 1. The van der Waals surface area contributed by atoms with Crippen LogP contribution in [0.25, 0.3) is 0 Å². The van der Waals surface area contributed by atoms with E-state index in [2.05, 4.69) is 25.1 Å². The summed E-state index contributed by atoms with van der Waals surface area (Å²) in [6, 6.07) is 14.2. The second-order valence-electron chi connectivity index (χ2n) is 7.86. The Morgan fingerprint density at radius 2 is 2.00 bits per heavy atom. The monoisotopic (exact) mass is 402 g/mol. The molecule has 0 aliphatic carbocycles. The van der Waals surface area contributed by atoms with Gasteiger partial charge in [-0.15, -0.1) is 0 Å². The lowest BCUT2D eigenvalue weighted by atomic mass is 9.78. The van der Waals surface area contributed by atoms with Crippen molar-refractivity contribution < 1.29 is 19.3 Å². The quantitative estimate of drug-likeness (QED) is 0.796. The molecule has 0 unspecified atom stereocenters. The molecule has 5 heteroatoms. The Kier molecular flexibility index (Phi) is 5.66. The van der Waals surface area contributed by atoms with E-state index in [1.165, 1.54) is 5.56 Å². The molecule has 0 radical (unpaired) electrons. The van der Waals surface area contributed by atoms with Gasteiger partial charge >= 0.3 is 0 Å². The lowest BCUT2D eigenvalue weighted by Crippen LogP contribution is -2.52. The lowest BCUT2D eigenvalue weighted by Gasteiger charge is -2.42. The van der Waals surface area contributed by atoms with Crippen LogP contribution in [0.1, 0.15) is 43.1 Å². The third-order valence-corrected chi connectivity index (χ3v) is 6.35. The highest BCUT2D eigenvalue weighted by molar-refractivity contribution is 6.31. The Morgan fingerprint density at radius 3 is 2.75 bits per heavy atom. The van der Waals surface area contributed by atoms with Crippen molar-refractivity contribution in [2.75, 3.05) is 19.8 Å². The summed E-state index contributed by atoms with van der Waals surface area (Å²) >= 11 is 6.48. The van der Waals surface area contributed by atoms with Crippen molar-refractivity contribution in [2.24, 2.45) is 5.92 Å². The molecule has 2 heterocycles. The van der Waals surface area contributed by atoms with E-state index in [1.807, 2.05) is 31.2 Å². The first kappa shape index (κ1) is 19.7. The van der Waals surface area contributed by atoms with Crippen molar-refractivity contribution in [3.8, 4) is 5.75 Å². The van der Waals surface area contributed by atoms with Gasteiger partial charge in [0, 0.05) is 5.02 Å². The molecule has 0 saturated carbocycles. The molecule has 2 saturated heterocycles. The number of benzene rings is 2. The van der Waals surface area contributed by atoms with Gasteiger partial charge in [-0.1, -0.05) is 42.8 Å². The number of rotatable bonds is 5. The molecule has 0 aromatic heterocycles. The average Bonchev–Trinajstić information content (AvgIpc) is 3.08. The SMILES string of the molecule is CCOc1ccc(Cc2cc([C@H]3C[C@@H](C)[C@]4(O)COC[C@H]4O3)ccc2Cl)cc1. The summed E-state index contributed by atoms with van der Waals surface area (Å²) < 4.78 is 17.2. The van der Waals surface area contributed by atoms with E-state index < -0.39 is 5.60 Å². The van der Waals surface area contributed by atoms with Gasteiger partial charge in [0.2, 0.25) is 0 Å². The average molecular weight is 403 g/mol. The zero-order valence-corrected chi connectivity index (χ0v) is 17.1. The van der Waals surface area contributed by atoms with Crippen molar-refractivity contribution in [1.29, 1.82) is 0 Å². The van der Waals surface area contributed by atoms with Crippen LogP contribution in [0.5, 0.6) is 5.75 Å². The summed E-state index contributed by atoms with van der Waals surface area (Å²) in [4.78, 5) is 0. The Balaban J connectivity index is 1.52. The molecular formula is C23H27ClO4. The largest absolute Gasteiger partial charge is 0.494 e. The van der Waals surface area contributed by atoms with Gasteiger partial charge in [0.1, 0.15) is 17.5 Å². The molecule has 2 aliphatic heterocycles. The number of fused-ring (bicyclic) bond motifs is 1. The van der Waals surface area contributed by atoms with Crippen LogP contribution < -0.4 is 4.74 Å². The van der Waals surface area contributed by atoms with Gasteiger partial charge in [0.05, 0.1) is 25.9 Å². The fraction of sp³-hybridized carbons (Fsp3) is 0.478. The summed E-state index contributed by atoms with van der Waals surface area (Å²) in [5.74, 6) is 0.992. The summed E-state index contributed by atoms with van der Waals surface area (Å²) in [6.07, 6.45) is 1.18. The van der Waals surface area contributed by atoms with Crippen LogP contribution in [0.2, 0.25) is 5.02 Å². The maximum Gasteiger partial charge on any atom is 0.119 e. The van der Waals surface area contributed by atoms with Gasteiger partial charge in [-0.25, -0.2) is 0 Å². The molecule has 2 aromatic rings. The minimum Gasteiger partial charge on any atom is -0.494 e. The van der Waals surface area contributed by atoms with E-state index in [0.717, 1.165) is 34.7 Å². The normalized spacial score (nSPS) is 29.5. The third-order valence-electron chi connectivity index (χ3n) is 5.98. The maximum atomic E-state index is 10.8. The molecule has 4 rings (SSSR count). The zero-order chi connectivity index (χ0) is 19.7. The molecule has 28 heavy (non-hydrogen) atoms. The Hall–Kier alpha value is -1.59. The number of halogens is 1. The van der Waals surface area contributed by atoms with E-state index in [0.29, 0.717) is 19.8 Å². The molecule has 0 bridgehead atoms. The standard InChI is InChI=1S/C23H27ClO4/c1-3-27-19-7-4-16(5-8-19)11-18-12-17(6-9-20(18)24)21-10-15(2)23(25)14-26-13-22(23)28-21/h4-9,12,15,21-22,25H,3,10-11,13-14H2,1-2H3/t15-,21-,22-,23-/m1/s1. The van der Waals surface area contributed by atoms with Crippen molar-refractivity contribution in [3.05, 3.63) is 64.2 Å². The van der Waals surface area contributed by atoms with E-state index in [4.69, 9.17) is 25.8 Å². The van der Waals surface area contributed by atoms with Gasteiger partial charge in [-0.2, -0.15) is 0 Å². The number of ether oxygens (including phenoxy) is 3. The summed E-state index contributed by atoms with van der Waals surface area (Å²) in [5, 5.41) is 11.6.